The molecule has 5 nitrogen and oxygen atoms in total. The number of nitrogens with zero attached hydrogens (tertiary/aromatic N) is 1. The molecule has 0 aromatic rings. The molecule has 0 aliphatic carbocycles. The summed E-state index contributed by atoms with van der Waals surface area (Å²) in [5.41, 5.74) is -0.0415. The van der Waals surface area contributed by atoms with Crippen LogP contribution in [-0.2, 0) is 19.1 Å². The number of rotatable bonds is 8. The number of hydrogen-bond acceptors (Lipinski definition) is 5. The molecule has 1 fully saturated rings. The average Bonchev–Trinajstić information content (AvgIpc) is 2.37. The summed E-state index contributed by atoms with van der Waals surface area (Å²) in [7, 11) is 0. The Balaban J connectivity index is 2.57. The number of Topliss-reactive ketones (excluding diaryl/α,β-unsaturated/α-hetero) is 1. The van der Waals surface area contributed by atoms with Crippen LogP contribution in [0.25, 0.3) is 0 Å². The fourth-order valence-electron chi connectivity index (χ4n) is 3.91. The lowest BCUT2D eigenvalue weighted by Gasteiger charge is -2.55. The smallest absolute Gasteiger partial charge is 0.306 e. The third-order valence-corrected chi connectivity index (χ3v) is 4.64. The van der Waals surface area contributed by atoms with E-state index < -0.39 is 0 Å². The molecule has 0 N–H and O–H groups in total. The Hall–Kier alpha value is -0.940. The van der Waals surface area contributed by atoms with Gasteiger partial charge in [0.2, 0.25) is 0 Å². The first kappa shape index (κ1) is 21.1. The van der Waals surface area contributed by atoms with Crippen molar-refractivity contribution >= 4 is 11.8 Å². The monoisotopic (exact) mass is 341 g/mol. The Kier molecular flexibility index (Phi) is 7.42. The summed E-state index contributed by atoms with van der Waals surface area (Å²) in [5, 5.41) is 0. The van der Waals surface area contributed by atoms with E-state index >= 15 is 0 Å². The van der Waals surface area contributed by atoms with E-state index in [-0.39, 0.29) is 47.9 Å². The van der Waals surface area contributed by atoms with E-state index in [1.54, 1.807) is 0 Å². The molecule has 5 heteroatoms. The number of carbonyl (C=O) groups is 2. The molecule has 140 valence electrons. The normalized spacial score (nSPS) is 21.0. The van der Waals surface area contributed by atoms with E-state index in [0.717, 1.165) is 12.8 Å². The second kappa shape index (κ2) is 8.43. The molecule has 1 saturated heterocycles. The Labute approximate surface area is 147 Å². The Bertz CT molecular complexity index is 425. The molecular formula is C19H35NO4. The molecule has 1 aliphatic heterocycles. The van der Waals surface area contributed by atoms with Crippen LogP contribution < -0.4 is 0 Å². The number of ether oxygens (including phenoxy) is 2. The second-order valence-electron chi connectivity index (χ2n) is 8.41. The highest BCUT2D eigenvalue weighted by Crippen LogP contribution is 2.39. The van der Waals surface area contributed by atoms with Crippen molar-refractivity contribution in [3.8, 4) is 0 Å². The van der Waals surface area contributed by atoms with Crippen LogP contribution in [0.4, 0.5) is 0 Å². The van der Waals surface area contributed by atoms with Crippen molar-refractivity contribution < 1.29 is 19.1 Å². The summed E-state index contributed by atoms with van der Waals surface area (Å²) < 4.78 is 11.4. The number of esters is 1. The standard InChI is InChI=1S/C19H35NO4/c1-14(2)24-16-12-18(4,5)20(19(6,7)13-16)10-11-23-17(22)9-8-15(3)21/h14,16H,8-13H2,1-7H3. The lowest BCUT2D eigenvalue weighted by molar-refractivity contribution is -0.150. The van der Waals surface area contributed by atoms with E-state index in [2.05, 4.69) is 46.4 Å². The van der Waals surface area contributed by atoms with Gasteiger partial charge in [-0.2, -0.15) is 0 Å². The summed E-state index contributed by atoms with van der Waals surface area (Å²) in [4.78, 5) is 25.0. The Morgan fingerprint density at radius 3 is 2.08 bits per heavy atom. The number of likely N-dealkylation sites (tertiary alicyclic amines) is 1. The predicted octanol–water partition coefficient (Wildman–Crippen LogP) is 3.35. The van der Waals surface area contributed by atoms with Gasteiger partial charge in [-0.1, -0.05) is 0 Å². The van der Waals surface area contributed by atoms with Crippen molar-refractivity contribution in [3.05, 3.63) is 0 Å². The summed E-state index contributed by atoms with van der Waals surface area (Å²) >= 11 is 0. The van der Waals surface area contributed by atoms with Crippen LogP contribution >= 0.6 is 0 Å². The minimum Gasteiger partial charge on any atom is -0.464 e. The molecule has 0 atom stereocenters. The summed E-state index contributed by atoms with van der Waals surface area (Å²) in [6.07, 6.45) is 2.85. The van der Waals surface area contributed by atoms with Crippen LogP contribution in [0.5, 0.6) is 0 Å². The van der Waals surface area contributed by atoms with Crippen molar-refractivity contribution in [3.63, 3.8) is 0 Å². The number of carbonyl (C=O) groups excluding carboxylic acids is 2. The molecule has 1 aliphatic rings. The van der Waals surface area contributed by atoms with Crippen molar-refractivity contribution in [1.29, 1.82) is 0 Å². The van der Waals surface area contributed by atoms with Gasteiger partial charge in [-0.15, -0.1) is 0 Å². The first-order chi connectivity index (χ1) is 10.9. The van der Waals surface area contributed by atoms with E-state index in [0.29, 0.717) is 13.2 Å². The number of piperidine rings is 1. The molecule has 0 aromatic heterocycles. The molecule has 1 heterocycles. The van der Waals surface area contributed by atoms with Crippen LogP contribution in [-0.4, -0.2) is 53.1 Å². The van der Waals surface area contributed by atoms with Gasteiger partial charge in [-0.25, -0.2) is 0 Å². The molecule has 0 saturated carbocycles. The highest BCUT2D eigenvalue weighted by molar-refractivity contribution is 5.80. The quantitative estimate of drug-likeness (QED) is 0.634. The van der Waals surface area contributed by atoms with Gasteiger partial charge in [-0.05, 0) is 61.3 Å². The van der Waals surface area contributed by atoms with Gasteiger partial charge in [-0.3, -0.25) is 9.69 Å². The highest BCUT2D eigenvalue weighted by atomic mass is 16.5. The fourth-order valence-corrected chi connectivity index (χ4v) is 3.91. The molecular weight excluding hydrogens is 306 g/mol. The molecule has 0 spiro atoms. The third kappa shape index (κ3) is 6.52. The maximum Gasteiger partial charge on any atom is 0.306 e. The van der Waals surface area contributed by atoms with Crippen LogP contribution in [0, 0.1) is 0 Å². The largest absolute Gasteiger partial charge is 0.464 e. The summed E-state index contributed by atoms with van der Waals surface area (Å²) in [6, 6.07) is 0. The van der Waals surface area contributed by atoms with E-state index in [1.165, 1.54) is 6.92 Å². The van der Waals surface area contributed by atoms with E-state index in [4.69, 9.17) is 9.47 Å². The molecule has 24 heavy (non-hydrogen) atoms. The van der Waals surface area contributed by atoms with Crippen LogP contribution in [0.2, 0.25) is 0 Å². The second-order valence-corrected chi connectivity index (χ2v) is 8.41. The fraction of sp³-hybridized carbons (Fsp3) is 0.895. The minimum absolute atomic E-state index is 0.0152. The molecule has 0 unspecified atom stereocenters. The lowest BCUT2D eigenvalue weighted by Crippen LogP contribution is -2.63. The van der Waals surface area contributed by atoms with Gasteiger partial charge >= 0.3 is 5.97 Å². The van der Waals surface area contributed by atoms with Gasteiger partial charge < -0.3 is 14.3 Å². The van der Waals surface area contributed by atoms with Gasteiger partial charge in [0.1, 0.15) is 12.4 Å². The van der Waals surface area contributed by atoms with E-state index in [9.17, 15) is 9.59 Å². The van der Waals surface area contributed by atoms with Crippen molar-refractivity contribution in [1.82, 2.24) is 4.90 Å². The van der Waals surface area contributed by atoms with Crippen molar-refractivity contribution in [2.75, 3.05) is 13.2 Å². The molecule has 0 bridgehead atoms. The zero-order chi connectivity index (χ0) is 18.5. The van der Waals surface area contributed by atoms with Crippen LogP contribution in [0.1, 0.15) is 74.1 Å². The van der Waals surface area contributed by atoms with Crippen molar-refractivity contribution in [2.24, 2.45) is 0 Å². The van der Waals surface area contributed by atoms with Gasteiger partial charge in [0.15, 0.2) is 0 Å². The molecule has 0 radical (unpaired) electrons. The maximum atomic E-state index is 11.7. The lowest BCUT2D eigenvalue weighted by atomic mass is 9.78. The Morgan fingerprint density at radius 1 is 1.08 bits per heavy atom. The van der Waals surface area contributed by atoms with Crippen LogP contribution in [0.3, 0.4) is 0 Å². The molecule has 0 amide bonds. The highest BCUT2D eigenvalue weighted by Gasteiger charge is 2.45. The number of hydrogen-bond donors (Lipinski definition) is 0. The number of ketones is 1. The summed E-state index contributed by atoms with van der Waals surface area (Å²) in [5.74, 6) is -0.278. The molecule has 0 aromatic carbocycles. The molecule has 1 rings (SSSR count). The topological polar surface area (TPSA) is 55.8 Å². The van der Waals surface area contributed by atoms with Gasteiger partial charge in [0.05, 0.1) is 18.6 Å². The Morgan fingerprint density at radius 2 is 1.62 bits per heavy atom. The van der Waals surface area contributed by atoms with Gasteiger partial charge in [0, 0.05) is 24.0 Å². The van der Waals surface area contributed by atoms with E-state index in [1.807, 2.05) is 0 Å². The first-order valence-corrected chi connectivity index (χ1v) is 9.02. The minimum atomic E-state index is -0.293. The summed E-state index contributed by atoms with van der Waals surface area (Å²) in [6.45, 7) is 15.6. The average molecular weight is 341 g/mol. The van der Waals surface area contributed by atoms with Crippen LogP contribution in [0.15, 0.2) is 0 Å². The van der Waals surface area contributed by atoms with Crippen molar-refractivity contribution in [2.45, 2.75) is 97.4 Å². The van der Waals surface area contributed by atoms with Gasteiger partial charge in [0.25, 0.3) is 0 Å². The zero-order valence-corrected chi connectivity index (χ0v) is 16.5. The third-order valence-electron chi connectivity index (χ3n) is 4.64. The predicted molar refractivity (Wildman–Crippen MR) is 95.0 cm³/mol. The maximum absolute atomic E-state index is 11.7. The SMILES string of the molecule is CC(=O)CCC(=O)OCCN1C(C)(C)CC(OC(C)C)CC1(C)C. The zero-order valence-electron chi connectivity index (χ0n) is 16.5. The first-order valence-electron chi connectivity index (χ1n) is 9.02.